The van der Waals surface area contributed by atoms with E-state index in [4.69, 9.17) is 11.6 Å². The largest absolute Gasteiger partial charge is 0.390 e. The Morgan fingerprint density at radius 1 is 1.11 bits per heavy atom. The first-order valence-electron chi connectivity index (χ1n) is 5.72. The summed E-state index contributed by atoms with van der Waals surface area (Å²) in [5.41, 5.74) is -0.268. The molecule has 0 saturated carbocycles. The minimum Gasteiger partial charge on any atom is -0.390 e. The van der Waals surface area contributed by atoms with E-state index in [1.165, 1.54) is 0 Å². The molecule has 0 aliphatic rings. The zero-order valence-corrected chi connectivity index (χ0v) is 10.9. The Kier molecular flexibility index (Phi) is 5.05. The molecule has 1 aromatic rings. The molecule has 1 atom stereocenters. The van der Waals surface area contributed by atoms with E-state index < -0.39 is 18.2 Å². The van der Waals surface area contributed by atoms with Crippen LogP contribution in [0.25, 0.3) is 0 Å². The zero-order chi connectivity index (χ0) is 13.8. The molecule has 0 heterocycles. The van der Waals surface area contributed by atoms with Gasteiger partial charge in [0.2, 0.25) is 0 Å². The van der Waals surface area contributed by atoms with Crippen LogP contribution in [0.1, 0.15) is 31.7 Å². The zero-order valence-electron chi connectivity index (χ0n) is 10.1. The van der Waals surface area contributed by atoms with Crippen LogP contribution in [0.4, 0.5) is 13.2 Å². The fourth-order valence-corrected chi connectivity index (χ4v) is 1.93. The van der Waals surface area contributed by atoms with Crippen molar-refractivity contribution in [1.29, 1.82) is 0 Å². The van der Waals surface area contributed by atoms with Gasteiger partial charge in [0.1, 0.15) is 0 Å². The summed E-state index contributed by atoms with van der Waals surface area (Å²) in [6.45, 7) is 1.55. The van der Waals surface area contributed by atoms with Gasteiger partial charge < -0.3 is 5.11 Å². The highest BCUT2D eigenvalue weighted by molar-refractivity contribution is 6.30. The first-order valence-corrected chi connectivity index (χ1v) is 6.09. The van der Waals surface area contributed by atoms with Crippen LogP contribution in [0.15, 0.2) is 24.3 Å². The quantitative estimate of drug-likeness (QED) is 0.849. The van der Waals surface area contributed by atoms with Crippen molar-refractivity contribution < 1.29 is 18.3 Å². The molecule has 18 heavy (non-hydrogen) atoms. The van der Waals surface area contributed by atoms with Crippen LogP contribution in [0.2, 0.25) is 5.02 Å². The fraction of sp³-hybridized carbons (Fsp3) is 0.538. The number of hydrogen-bond donors (Lipinski definition) is 1. The maximum atomic E-state index is 12.0. The molecule has 1 unspecified atom stereocenters. The van der Waals surface area contributed by atoms with Crippen molar-refractivity contribution >= 4 is 11.6 Å². The van der Waals surface area contributed by atoms with Gasteiger partial charge in [-0.15, -0.1) is 0 Å². The molecule has 0 bridgehead atoms. The molecule has 1 N–H and O–H groups in total. The van der Waals surface area contributed by atoms with Crippen molar-refractivity contribution in [2.45, 2.75) is 44.4 Å². The summed E-state index contributed by atoms with van der Waals surface area (Å²) < 4.78 is 36.0. The maximum Gasteiger partial charge on any atom is 0.389 e. The summed E-state index contributed by atoms with van der Waals surface area (Å²) in [6.07, 6.45) is -4.64. The molecule has 1 rings (SSSR count). The van der Waals surface area contributed by atoms with E-state index in [0.717, 1.165) is 5.56 Å². The molecule has 1 aromatic carbocycles. The Labute approximate surface area is 110 Å². The second kappa shape index (κ2) is 5.93. The van der Waals surface area contributed by atoms with Crippen LogP contribution < -0.4 is 0 Å². The molecule has 0 amide bonds. The van der Waals surface area contributed by atoms with E-state index in [1.807, 2.05) is 0 Å². The van der Waals surface area contributed by atoms with Gasteiger partial charge in [0.15, 0.2) is 0 Å². The van der Waals surface area contributed by atoms with Crippen molar-refractivity contribution in [2.24, 2.45) is 0 Å². The van der Waals surface area contributed by atoms with E-state index in [9.17, 15) is 18.3 Å². The first-order chi connectivity index (χ1) is 8.18. The summed E-state index contributed by atoms with van der Waals surface area (Å²) in [5.74, 6) is 0. The standard InChI is InChI=1S/C13H16ClF3O/c1-12(18,7-2-8-13(15,16)17)9-10-3-5-11(14)6-4-10/h3-6,18H,2,7-9H2,1H3. The lowest BCUT2D eigenvalue weighted by molar-refractivity contribution is -0.137. The third-order valence-corrected chi connectivity index (χ3v) is 2.93. The second-order valence-corrected chi connectivity index (χ2v) is 5.21. The third-order valence-electron chi connectivity index (χ3n) is 2.67. The molecule has 102 valence electrons. The average molecular weight is 281 g/mol. The normalized spacial score (nSPS) is 15.4. The number of benzene rings is 1. The maximum absolute atomic E-state index is 12.0. The van der Waals surface area contributed by atoms with Crippen molar-refractivity contribution in [3.05, 3.63) is 34.9 Å². The topological polar surface area (TPSA) is 20.2 Å². The van der Waals surface area contributed by atoms with Gasteiger partial charge in [-0.2, -0.15) is 13.2 Å². The highest BCUT2D eigenvalue weighted by atomic mass is 35.5. The number of aliphatic hydroxyl groups is 1. The average Bonchev–Trinajstić information content (AvgIpc) is 2.18. The summed E-state index contributed by atoms with van der Waals surface area (Å²) in [5, 5.41) is 10.6. The lowest BCUT2D eigenvalue weighted by Gasteiger charge is -2.23. The van der Waals surface area contributed by atoms with Gasteiger partial charge in [-0.3, -0.25) is 0 Å². The van der Waals surface area contributed by atoms with Gasteiger partial charge in [-0.05, 0) is 37.5 Å². The van der Waals surface area contributed by atoms with Gasteiger partial charge in [-0.25, -0.2) is 0 Å². The van der Waals surface area contributed by atoms with Gasteiger partial charge >= 0.3 is 6.18 Å². The summed E-state index contributed by atoms with van der Waals surface area (Å²) in [6, 6.07) is 6.92. The highest BCUT2D eigenvalue weighted by Crippen LogP contribution is 2.26. The number of hydrogen-bond acceptors (Lipinski definition) is 1. The van der Waals surface area contributed by atoms with Crippen LogP contribution in [-0.2, 0) is 6.42 Å². The van der Waals surface area contributed by atoms with E-state index in [0.29, 0.717) is 11.4 Å². The van der Waals surface area contributed by atoms with Crippen LogP contribution in [0, 0.1) is 0 Å². The van der Waals surface area contributed by atoms with Crippen molar-refractivity contribution in [3.8, 4) is 0 Å². The van der Waals surface area contributed by atoms with E-state index in [-0.39, 0.29) is 12.8 Å². The highest BCUT2D eigenvalue weighted by Gasteiger charge is 2.29. The Balaban J connectivity index is 2.46. The van der Waals surface area contributed by atoms with Crippen molar-refractivity contribution in [3.63, 3.8) is 0 Å². The molecule has 0 saturated heterocycles. The fourth-order valence-electron chi connectivity index (χ4n) is 1.80. The monoisotopic (exact) mass is 280 g/mol. The molecule has 0 aromatic heterocycles. The predicted molar refractivity (Wildman–Crippen MR) is 65.7 cm³/mol. The number of halogens is 4. The molecule has 0 aliphatic heterocycles. The smallest absolute Gasteiger partial charge is 0.389 e. The molecule has 0 spiro atoms. The molecule has 0 radical (unpaired) electrons. The Morgan fingerprint density at radius 3 is 2.17 bits per heavy atom. The molecule has 0 fully saturated rings. The number of alkyl halides is 3. The third kappa shape index (κ3) is 6.26. The van der Waals surface area contributed by atoms with Crippen LogP contribution in [0.5, 0.6) is 0 Å². The van der Waals surface area contributed by atoms with Crippen LogP contribution >= 0.6 is 11.6 Å². The molecular weight excluding hydrogens is 265 g/mol. The first kappa shape index (κ1) is 15.3. The van der Waals surface area contributed by atoms with Crippen molar-refractivity contribution in [1.82, 2.24) is 0 Å². The molecule has 0 aliphatic carbocycles. The van der Waals surface area contributed by atoms with Crippen LogP contribution in [-0.4, -0.2) is 16.9 Å². The summed E-state index contributed by atoms with van der Waals surface area (Å²) in [7, 11) is 0. The van der Waals surface area contributed by atoms with Crippen LogP contribution in [0.3, 0.4) is 0 Å². The van der Waals surface area contributed by atoms with Gasteiger partial charge in [-0.1, -0.05) is 23.7 Å². The Bertz CT molecular complexity index is 371. The van der Waals surface area contributed by atoms with E-state index >= 15 is 0 Å². The lowest BCUT2D eigenvalue weighted by atomic mass is 9.91. The summed E-state index contributed by atoms with van der Waals surface area (Å²) >= 11 is 5.73. The number of rotatable bonds is 5. The lowest BCUT2D eigenvalue weighted by Crippen LogP contribution is -2.27. The minimum atomic E-state index is -4.16. The van der Waals surface area contributed by atoms with Gasteiger partial charge in [0.05, 0.1) is 5.60 Å². The Morgan fingerprint density at radius 2 is 1.67 bits per heavy atom. The SMILES string of the molecule is CC(O)(CCCC(F)(F)F)Cc1ccc(Cl)cc1. The summed E-state index contributed by atoms with van der Waals surface area (Å²) in [4.78, 5) is 0. The minimum absolute atomic E-state index is 0.0654. The van der Waals surface area contributed by atoms with Gasteiger partial charge in [0.25, 0.3) is 0 Å². The predicted octanol–water partition coefficient (Wildman–Crippen LogP) is 4.37. The molecule has 5 heteroatoms. The second-order valence-electron chi connectivity index (χ2n) is 4.77. The van der Waals surface area contributed by atoms with E-state index in [1.54, 1.807) is 31.2 Å². The molecular formula is C13H16ClF3O. The van der Waals surface area contributed by atoms with Crippen molar-refractivity contribution in [2.75, 3.05) is 0 Å². The Hall–Kier alpha value is -0.740. The van der Waals surface area contributed by atoms with Gasteiger partial charge in [0, 0.05) is 17.9 Å². The van der Waals surface area contributed by atoms with E-state index in [2.05, 4.69) is 0 Å². The molecule has 1 nitrogen and oxygen atoms in total.